The van der Waals surface area contributed by atoms with Gasteiger partial charge in [-0.3, -0.25) is 53.5 Å². The van der Waals surface area contributed by atoms with Gasteiger partial charge < -0.3 is 98.0 Å². The zero-order valence-electron chi connectivity index (χ0n) is 64.0. The van der Waals surface area contributed by atoms with Crippen molar-refractivity contribution in [2.24, 2.45) is 0 Å². The second kappa shape index (κ2) is 45.1. The Morgan fingerprint density at radius 1 is 0.736 bits per heavy atom. The summed E-state index contributed by atoms with van der Waals surface area (Å²) in [5, 5.41) is 36.9. The van der Waals surface area contributed by atoms with Crippen LogP contribution in [0.4, 0.5) is 10.5 Å². The van der Waals surface area contributed by atoms with E-state index in [1.54, 1.807) is 30.7 Å². The molecule has 1 saturated heterocycles. The summed E-state index contributed by atoms with van der Waals surface area (Å²) in [6, 6.07) is 12.3. The van der Waals surface area contributed by atoms with Crippen molar-refractivity contribution in [1.29, 1.82) is 0 Å². The van der Waals surface area contributed by atoms with Crippen LogP contribution in [-0.4, -0.2) is 267 Å². The summed E-state index contributed by atoms with van der Waals surface area (Å²) in [6.07, 6.45) is 4.27. The highest BCUT2D eigenvalue weighted by atomic mass is 16.6. The molecule has 4 aromatic rings. The minimum atomic E-state index is -1.97. The van der Waals surface area contributed by atoms with Crippen LogP contribution in [0.1, 0.15) is 117 Å². The monoisotopic (exact) mass is 1540 g/mol. The molecule has 0 radical (unpaired) electrons. The van der Waals surface area contributed by atoms with Gasteiger partial charge in [0.2, 0.25) is 23.6 Å². The van der Waals surface area contributed by atoms with Crippen molar-refractivity contribution in [2.45, 2.75) is 129 Å². The molecule has 0 aliphatic carbocycles. The molecule has 2 aromatic carbocycles. The zero-order chi connectivity index (χ0) is 79.6. The fourth-order valence-corrected chi connectivity index (χ4v) is 13.1. The number of carbonyl (C=O) groups is 10. The highest BCUT2D eigenvalue weighted by Gasteiger charge is 2.46. The molecule has 6 heterocycles. The predicted molar refractivity (Wildman–Crippen MR) is 397 cm³/mol. The Labute approximate surface area is 639 Å². The van der Waals surface area contributed by atoms with E-state index in [0.29, 0.717) is 132 Å². The molecule has 0 unspecified atom stereocenters. The molecule has 34 nitrogen and oxygen atoms in total. The number of hydrogen-bond acceptors (Lipinski definition) is 25. The van der Waals surface area contributed by atoms with E-state index in [0.717, 1.165) is 76.1 Å². The molecule has 2 atom stereocenters. The molecule has 110 heavy (non-hydrogen) atoms. The number of rotatable bonds is 47. The number of piperidine rings is 1. The van der Waals surface area contributed by atoms with Crippen LogP contribution in [0.5, 0.6) is 5.75 Å². The summed E-state index contributed by atoms with van der Waals surface area (Å²) >= 11 is 0. The molecule has 4 aliphatic heterocycles. The van der Waals surface area contributed by atoms with E-state index < -0.39 is 53.8 Å². The van der Waals surface area contributed by atoms with Gasteiger partial charge >= 0.3 is 12.1 Å². The number of nitrogens with zero attached hydrogens (tertiary/aromatic N) is 5. The first kappa shape index (κ1) is 87.9. The number of hydrogen-bond donors (Lipinski definition) is 7. The van der Waals surface area contributed by atoms with Crippen LogP contribution in [0.15, 0.2) is 59.4 Å². The van der Waals surface area contributed by atoms with E-state index >= 15 is 0 Å². The van der Waals surface area contributed by atoms with Crippen LogP contribution >= 0.6 is 0 Å². The molecule has 0 saturated carbocycles. The number of carbonyl (C=O) groups excluding carboxylic acids is 10. The summed E-state index contributed by atoms with van der Waals surface area (Å²) < 4.78 is 57.7. The van der Waals surface area contributed by atoms with Crippen LogP contribution in [-0.2, 0) is 113 Å². The van der Waals surface area contributed by atoms with Crippen LogP contribution in [0.25, 0.3) is 22.3 Å². The van der Waals surface area contributed by atoms with E-state index in [-0.39, 0.29) is 132 Å². The van der Waals surface area contributed by atoms with Crippen LogP contribution in [0.2, 0.25) is 0 Å². The topological polar surface area (TPSA) is 420 Å². The largest absolute Gasteiger partial charge is 0.554 e. The SMILES string of the molecule is CC[C@@]1(O)C(=O)OCc2c1cc1n(c2=O)Cc2c-1nc1cc(C(=O)NC)c(OC)cc1c2CN1CCC([N+](C)(C)Cc2ccc(NC(=O)OCCOCCOCCOCCOCCOCCOCCOCCNC(=O)CC[C@H](NC(=O)CCCN3C(=O)C=CC3=O)C(=O)NCCCC(=O)NC(C)C)cc2)CC1.O=C[O-]. The van der Waals surface area contributed by atoms with Gasteiger partial charge in [0.1, 0.15) is 31.5 Å². The number of cyclic esters (lactones) is 1. The Balaban J connectivity index is 0.00000551. The molecule has 604 valence electrons. The Hall–Kier alpha value is -9.36. The molecule has 0 bridgehead atoms. The van der Waals surface area contributed by atoms with Crippen molar-refractivity contribution < 1.29 is 110 Å². The number of methoxy groups -OCH3 is 1. The summed E-state index contributed by atoms with van der Waals surface area (Å²) in [5.41, 5.74) is 3.60. The van der Waals surface area contributed by atoms with Gasteiger partial charge in [-0.05, 0) is 75.4 Å². The molecular formula is C76H107N11O23. The fourth-order valence-electron chi connectivity index (χ4n) is 13.1. The van der Waals surface area contributed by atoms with Crippen molar-refractivity contribution in [2.75, 3.05) is 165 Å². The van der Waals surface area contributed by atoms with E-state index in [4.69, 9.17) is 62.3 Å². The quantitative estimate of drug-likeness (QED) is 0.00946. The van der Waals surface area contributed by atoms with Crippen LogP contribution < -0.4 is 47.3 Å². The summed E-state index contributed by atoms with van der Waals surface area (Å²) in [6.45, 7) is 13.0. The maximum atomic E-state index is 14.2. The molecule has 8 amide bonds. The summed E-state index contributed by atoms with van der Waals surface area (Å²) in [7, 11) is 7.55. The van der Waals surface area contributed by atoms with Gasteiger partial charge in [0.05, 0.1) is 154 Å². The maximum absolute atomic E-state index is 14.2. The maximum Gasteiger partial charge on any atom is 0.411 e. The average molecular weight is 1540 g/mol. The third-order valence-corrected chi connectivity index (χ3v) is 18.9. The van der Waals surface area contributed by atoms with Gasteiger partial charge in [-0.2, -0.15) is 0 Å². The molecule has 1 fully saturated rings. The number of nitrogens with one attached hydrogen (secondary N) is 6. The second-order valence-corrected chi connectivity index (χ2v) is 27.3. The highest BCUT2D eigenvalue weighted by Crippen LogP contribution is 2.42. The molecule has 8 rings (SSSR count). The second-order valence-electron chi connectivity index (χ2n) is 27.3. The first-order chi connectivity index (χ1) is 52.9. The standard InChI is InChI=1S/C75H105N11O21.CH2O2/c1-8-75(97)59-45-62-69-57(47-85(62)72(94)58(59)49-107-73(75)95)56(54-44-63(98-7)55(70(92)76-4)43-61(54)82-69)46-83-26-21-53(22-27-83)86(5,6)48-51-13-15-52(16-14-51)80-74(96)106-42-41-105-40-39-104-38-37-103-36-35-102-34-33-101-32-31-100-30-29-99-28-24-77-64(87)18-17-60(71(93)78-23-9-11-65(88)79-50(2)3)81-66(89)12-10-25-84-67(90)19-20-68(84)91;2-1-3/h13-16,19-20,43-45,50,53,60,97H,8-12,17-18,21-42,46-49H2,1-7H3,(H5-,76,77,78,79,80,81,87,88,89,92,93,96);1H,(H,2,3)/t60-,75-;/m0./s1. The first-order valence-electron chi connectivity index (χ1n) is 37.2. The normalized spacial score (nSPS) is 15.6. The third-order valence-electron chi connectivity index (χ3n) is 18.9. The van der Waals surface area contributed by atoms with Crippen molar-refractivity contribution in [3.63, 3.8) is 0 Å². The lowest BCUT2D eigenvalue weighted by Gasteiger charge is -2.43. The summed E-state index contributed by atoms with van der Waals surface area (Å²) in [4.78, 5) is 144. The molecule has 4 aliphatic rings. The van der Waals surface area contributed by atoms with Gasteiger partial charge in [-0.15, -0.1) is 0 Å². The van der Waals surface area contributed by atoms with Gasteiger partial charge in [0.25, 0.3) is 23.3 Å². The predicted octanol–water partition coefficient (Wildman–Crippen LogP) is 1.23. The van der Waals surface area contributed by atoms with Gasteiger partial charge in [-0.1, -0.05) is 19.1 Å². The average Bonchev–Trinajstić information content (AvgIpc) is 1.54. The smallest absolute Gasteiger partial charge is 0.411 e. The van der Waals surface area contributed by atoms with Crippen molar-refractivity contribution in [1.82, 2.24) is 45.9 Å². The lowest BCUT2D eigenvalue weighted by molar-refractivity contribution is -0.929. The Bertz CT molecular complexity index is 3840. The number of quaternary nitrogens is 1. The highest BCUT2D eigenvalue weighted by molar-refractivity contribution is 6.13. The number of imide groups is 1. The number of carboxylic acid groups (broad SMARTS) is 1. The van der Waals surface area contributed by atoms with Crippen LogP contribution in [0.3, 0.4) is 0 Å². The Morgan fingerprint density at radius 2 is 1.31 bits per heavy atom. The van der Waals surface area contributed by atoms with Crippen molar-refractivity contribution >= 4 is 76.5 Å². The molecule has 7 N–H and O–H groups in total. The third kappa shape index (κ3) is 26.4. The van der Waals surface area contributed by atoms with E-state index in [1.807, 2.05) is 44.2 Å². The number of anilines is 1. The minimum Gasteiger partial charge on any atom is -0.554 e. The number of likely N-dealkylation sites (tertiary alicyclic amines) is 1. The number of ether oxygens (including phenoxy) is 10. The Kier molecular flexibility index (Phi) is 36.0. The van der Waals surface area contributed by atoms with Crippen molar-refractivity contribution in [3.05, 3.63) is 98.4 Å². The van der Waals surface area contributed by atoms with E-state index in [2.05, 4.69) is 50.9 Å². The number of esters is 1. The number of fused-ring (bicyclic) bond motifs is 5. The van der Waals surface area contributed by atoms with E-state index in [1.165, 1.54) is 7.11 Å². The number of aliphatic hydroxyl groups is 1. The number of amides is 8. The zero-order valence-corrected chi connectivity index (χ0v) is 64.0. The molecule has 0 spiro atoms. The number of aromatic nitrogens is 2. The first-order valence-corrected chi connectivity index (χ1v) is 37.2. The number of pyridine rings is 2. The lowest BCUT2D eigenvalue weighted by atomic mass is 9.86. The van der Waals surface area contributed by atoms with E-state index in [9.17, 15) is 53.1 Å². The molecular weight excluding hydrogens is 1430 g/mol. The van der Waals surface area contributed by atoms with Crippen LogP contribution in [0, 0.1) is 0 Å². The van der Waals surface area contributed by atoms with Crippen molar-refractivity contribution in [3.8, 4) is 17.1 Å². The van der Waals surface area contributed by atoms with Gasteiger partial charge in [0, 0.05) is 131 Å². The lowest BCUT2D eigenvalue weighted by Crippen LogP contribution is -2.53. The Morgan fingerprint density at radius 3 is 1.88 bits per heavy atom. The number of benzene rings is 2. The fraction of sp³-hybridized carbons (Fsp3) is 0.579. The molecule has 2 aromatic heterocycles. The van der Waals surface area contributed by atoms with Gasteiger partial charge in [-0.25, -0.2) is 14.6 Å². The molecule has 34 heteroatoms. The minimum absolute atomic E-state index is 0.00830. The van der Waals surface area contributed by atoms with Gasteiger partial charge in [0.15, 0.2) is 5.60 Å². The summed E-state index contributed by atoms with van der Waals surface area (Å²) in [5.74, 6) is -3.11.